The number of H-pyrrole nitrogens is 1. The molecular formula is C11H8N4O4. The van der Waals surface area contributed by atoms with Gasteiger partial charge < -0.3 is 14.8 Å². The Hall–Kier alpha value is -2.90. The molecule has 0 fully saturated rings. The standard InChI is InChI=1S/C11H8N4O4/c1-5-3-2-4-6-7(5)12-10(16)15-8(6)13-9(14-15)19-11(17)18/h2-4H,1H3,(H,12,16)(H,17,18). The Balaban J connectivity index is 2.40. The fourth-order valence-electron chi connectivity index (χ4n) is 1.91. The third-order valence-corrected chi connectivity index (χ3v) is 2.70. The lowest BCUT2D eigenvalue weighted by Crippen LogP contribution is -2.18. The van der Waals surface area contributed by atoms with Crippen molar-refractivity contribution in [2.24, 2.45) is 0 Å². The van der Waals surface area contributed by atoms with Crippen LogP contribution in [-0.4, -0.2) is 30.8 Å². The van der Waals surface area contributed by atoms with Crippen LogP contribution in [0.2, 0.25) is 0 Å². The van der Waals surface area contributed by atoms with Gasteiger partial charge in [-0.3, -0.25) is 0 Å². The van der Waals surface area contributed by atoms with E-state index in [0.717, 1.165) is 10.1 Å². The number of nitrogens with zero attached hydrogens (tertiary/aromatic N) is 3. The van der Waals surface area contributed by atoms with Crippen LogP contribution < -0.4 is 10.4 Å². The quantitative estimate of drug-likeness (QED) is 0.630. The third-order valence-electron chi connectivity index (χ3n) is 2.70. The lowest BCUT2D eigenvalue weighted by Gasteiger charge is -2.01. The van der Waals surface area contributed by atoms with E-state index in [1.165, 1.54) is 0 Å². The Morgan fingerprint density at radius 2 is 2.26 bits per heavy atom. The number of fused-ring (bicyclic) bond motifs is 3. The number of benzene rings is 1. The molecular weight excluding hydrogens is 252 g/mol. The van der Waals surface area contributed by atoms with Crippen molar-refractivity contribution in [1.29, 1.82) is 0 Å². The number of carbonyl (C=O) groups is 1. The largest absolute Gasteiger partial charge is 0.513 e. The number of hydrogen-bond donors (Lipinski definition) is 2. The van der Waals surface area contributed by atoms with Crippen molar-refractivity contribution >= 4 is 22.7 Å². The molecule has 0 saturated heterocycles. The molecule has 8 nitrogen and oxygen atoms in total. The second-order valence-electron chi connectivity index (χ2n) is 3.93. The molecule has 0 amide bonds. The molecule has 3 aromatic rings. The zero-order valence-electron chi connectivity index (χ0n) is 9.75. The Morgan fingerprint density at radius 1 is 1.47 bits per heavy atom. The average molecular weight is 260 g/mol. The maximum atomic E-state index is 11.8. The van der Waals surface area contributed by atoms with Crippen molar-refractivity contribution in [2.75, 3.05) is 0 Å². The van der Waals surface area contributed by atoms with E-state index < -0.39 is 11.8 Å². The first-order valence-electron chi connectivity index (χ1n) is 5.35. The van der Waals surface area contributed by atoms with Gasteiger partial charge >= 0.3 is 17.9 Å². The summed E-state index contributed by atoms with van der Waals surface area (Å²) in [5, 5.41) is 12.9. The number of carboxylic acid groups (broad SMARTS) is 1. The molecule has 0 spiro atoms. The summed E-state index contributed by atoms with van der Waals surface area (Å²) in [6.07, 6.45) is -1.53. The molecule has 1 aromatic carbocycles. The number of nitrogens with one attached hydrogen (secondary N) is 1. The van der Waals surface area contributed by atoms with Crippen LogP contribution >= 0.6 is 0 Å². The van der Waals surface area contributed by atoms with Gasteiger partial charge in [-0.25, -0.2) is 9.59 Å². The topological polar surface area (TPSA) is 110 Å². The maximum absolute atomic E-state index is 11.8. The first-order chi connectivity index (χ1) is 9.06. The van der Waals surface area contributed by atoms with Crippen LogP contribution in [0, 0.1) is 6.92 Å². The molecule has 2 heterocycles. The molecule has 19 heavy (non-hydrogen) atoms. The molecule has 0 radical (unpaired) electrons. The van der Waals surface area contributed by atoms with E-state index in [9.17, 15) is 9.59 Å². The van der Waals surface area contributed by atoms with Gasteiger partial charge in [-0.2, -0.15) is 9.50 Å². The van der Waals surface area contributed by atoms with Gasteiger partial charge in [0.2, 0.25) is 0 Å². The van der Waals surface area contributed by atoms with Crippen LogP contribution in [0.1, 0.15) is 5.56 Å². The molecule has 96 valence electrons. The molecule has 0 bridgehead atoms. The van der Waals surface area contributed by atoms with E-state index in [2.05, 4.69) is 19.8 Å². The number of aromatic nitrogens is 4. The summed E-state index contributed by atoms with van der Waals surface area (Å²) >= 11 is 0. The molecule has 3 rings (SSSR count). The fourth-order valence-corrected chi connectivity index (χ4v) is 1.91. The van der Waals surface area contributed by atoms with Crippen LogP contribution in [0.15, 0.2) is 23.0 Å². The molecule has 0 aliphatic heterocycles. The second kappa shape index (κ2) is 3.80. The minimum atomic E-state index is -1.53. The Bertz CT molecular complexity index is 864. The third kappa shape index (κ3) is 1.69. The zero-order valence-corrected chi connectivity index (χ0v) is 9.75. The molecule has 0 aliphatic carbocycles. The molecule has 2 N–H and O–H groups in total. The van der Waals surface area contributed by atoms with Crippen LogP contribution in [0.5, 0.6) is 6.01 Å². The van der Waals surface area contributed by atoms with Crippen molar-refractivity contribution in [2.45, 2.75) is 6.92 Å². The van der Waals surface area contributed by atoms with E-state index in [0.29, 0.717) is 10.9 Å². The van der Waals surface area contributed by atoms with Gasteiger partial charge in [0.1, 0.15) is 0 Å². The summed E-state index contributed by atoms with van der Waals surface area (Å²) in [5.74, 6) is 0. The Labute approximate surface area is 105 Å². The smallest absolute Gasteiger partial charge is 0.449 e. The van der Waals surface area contributed by atoms with Gasteiger partial charge in [-0.1, -0.05) is 12.1 Å². The fraction of sp³-hybridized carbons (Fsp3) is 0.0909. The maximum Gasteiger partial charge on any atom is 0.513 e. The number of rotatable bonds is 1. The van der Waals surface area contributed by atoms with Gasteiger partial charge in [-0.15, -0.1) is 5.10 Å². The van der Waals surface area contributed by atoms with E-state index in [4.69, 9.17) is 5.11 Å². The SMILES string of the molecule is Cc1cccc2c1[nH]c(=O)n1nc(OC(=O)O)nc21. The van der Waals surface area contributed by atoms with Gasteiger partial charge in [0.25, 0.3) is 0 Å². The average Bonchev–Trinajstić information content (AvgIpc) is 2.74. The number of para-hydroxylation sites is 1. The molecule has 2 aromatic heterocycles. The van der Waals surface area contributed by atoms with E-state index in [1.54, 1.807) is 6.07 Å². The number of aryl methyl sites for hydroxylation is 1. The zero-order chi connectivity index (χ0) is 13.6. The predicted octanol–water partition coefficient (Wildman–Crippen LogP) is 0.936. The molecule has 0 atom stereocenters. The Morgan fingerprint density at radius 3 is 3.00 bits per heavy atom. The van der Waals surface area contributed by atoms with E-state index >= 15 is 0 Å². The highest BCUT2D eigenvalue weighted by atomic mass is 16.7. The summed E-state index contributed by atoms with van der Waals surface area (Å²) in [6, 6.07) is 5.03. The lowest BCUT2D eigenvalue weighted by molar-refractivity contribution is 0.140. The first-order valence-corrected chi connectivity index (χ1v) is 5.35. The Kier molecular flexibility index (Phi) is 2.24. The van der Waals surface area contributed by atoms with Gasteiger partial charge in [0.05, 0.1) is 5.52 Å². The lowest BCUT2D eigenvalue weighted by atomic mass is 10.1. The van der Waals surface area contributed by atoms with Crippen LogP contribution in [0.25, 0.3) is 16.6 Å². The minimum Gasteiger partial charge on any atom is -0.449 e. The summed E-state index contributed by atoms with van der Waals surface area (Å²) in [6.45, 7) is 1.85. The van der Waals surface area contributed by atoms with Crippen LogP contribution in [0.4, 0.5) is 4.79 Å². The van der Waals surface area contributed by atoms with Crippen molar-refractivity contribution in [3.63, 3.8) is 0 Å². The van der Waals surface area contributed by atoms with Crippen molar-refractivity contribution in [1.82, 2.24) is 19.6 Å². The summed E-state index contributed by atoms with van der Waals surface area (Å²) in [5.41, 5.74) is 1.25. The number of ether oxygens (including phenoxy) is 1. The predicted molar refractivity (Wildman–Crippen MR) is 64.5 cm³/mol. The molecule has 0 saturated carbocycles. The number of aromatic amines is 1. The summed E-state index contributed by atoms with van der Waals surface area (Å²) in [4.78, 5) is 28.9. The van der Waals surface area contributed by atoms with Crippen LogP contribution in [0.3, 0.4) is 0 Å². The molecule has 0 unspecified atom stereocenters. The molecule has 8 heteroatoms. The van der Waals surface area contributed by atoms with Crippen molar-refractivity contribution < 1.29 is 14.6 Å². The molecule has 0 aliphatic rings. The second-order valence-corrected chi connectivity index (χ2v) is 3.93. The summed E-state index contributed by atoms with van der Waals surface area (Å²) in [7, 11) is 0. The minimum absolute atomic E-state index is 0.249. The van der Waals surface area contributed by atoms with Crippen molar-refractivity contribution in [3.8, 4) is 6.01 Å². The van der Waals surface area contributed by atoms with Crippen LogP contribution in [-0.2, 0) is 0 Å². The highest BCUT2D eigenvalue weighted by Crippen LogP contribution is 2.19. The monoisotopic (exact) mass is 260 g/mol. The van der Waals surface area contributed by atoms with E-state index in [1.807, 2.05) is 19.1 Å². The van der Waals surface area contributed by atoms with Gasteiger partial charge in [0, 0.05) is 5.39 Å². The normalized spacial score (nSPS) is 11.0. The highest BCUT2D eigenvalue weighted by molar-refractivity contribution is 5.92. The number of hydrogen-bond acceptors (Lipinski definition) is 5. The van der Waals surface area contributed by atoms with Crippen molar-refractivity contribution in [3.05, 3.63) is 34.2 Å². The van der Waals surface area contributed by atoms with E-state index in [-0.39, 0.29) is 11.7 Å². The van der Waals surface area contributed by atoms with Gasteiger partial charge in [0.15, 0.2) is 5.65 Å². The van der Waals surface area contributed by atoms with Gasteiger partial charge in [-0.05, 0) is 18.6 Å². The first kappa shape index (κ1) is 11.2. The highest BCUT2D eigenvalue weighted by Gasteiger charge is 2.14. The summed E-state index contributed by atoms with van der Waals surface area (Å²) < 4.78 is 5.33.